The third-order valence-corrected chi connectivity index (χ3v) is 1.75. The highest BCUT2D eigenvalue weighted by atomic mass is 79.9. The predicted molar refractivity (Wildman–Crippen MR) is 40.7 cm³/mol. The lowest BCUT2D eigenvalue weighted by atomic mass is 10.3. The Kier molecular flexibility index (Phi) is 3.13. The molecule has 0 aliphatic rings. The number of rotatable bonds is 2. The summed E-state index contributed by atoms with van der Waals surface area (Å²) in [7, 11) is 0. The van der Waals surface area contributed by atoms with E-state index in [1.165, 1.54) is 0 Å². The number of alkyl halides is 2. The van der Waals surface area contributed by atoms with Crippen molar-refractivity contribution in [3.05, 3.63) is 28.2 Å². The minimum absolute atomic E-state index is 0.261. The van der Waals surface area contributed by atoms with Crippen molar-refractivity contribution in [1.29, 1.82) is 0 Å². The van der Waals surface area contributed by atoms with Crippen molar-refractivity contribution in [2.24, 2.45) is 0 Å². The van der Waals surface area contributed by atoms with Crippen molar-refractivity contribution in [3.63, 3.8) is 0 Å². The molecular formula is C7H3BrF4O. The summed E-state index contributed by atoms with van der Waals surface area (Å²) < 4.78 is 52.1. The summed E-state index contributed by atoms with van der Waals surface area (Å²) in [4.78, 5) is 0. The highest BCUT2D eigenvalue weighted by Gasteiger charge is 2.14. The van der Waals surface area contributed by atoms with E-state index in [1.807, 2.05) is 0 Å². The first-order valence-corrected chi connectivity index (χ1v) is 3.89. The first-order valence-electron chi connectivity index (χ1n) is 3.10. The van der Waals surface area contributed by atoms with Gasteiger partial charge in [-0.25, -0.2) is 8.78 Å². The lowest BCUT2D eigenvalue weighted by Crippen LogP contribution is -2.04. The Morgan fingerprint density at radius 1 is 1.23 bits per heavy atom. The summed E-state index contributed by atoms with van der Waals surface area (Å²) in [6.45, 7) is -3.18. The van der Waals surface area contributed by atoms with Gasteiger partial charge in [-0.1, -0.05) is 0 Å². The van der Waals surface area contributed by atoms with Gasteiger partial charge in [-0.3, -0.25) is 0 Å². The van der Waals surface area contributed by atoms with Gasteiger partial charge in [0.1, 0.15) is 5.82 Å². The number of halogens is 5. The van der Waals surface area contributed by atoms with Gasteiger partial charge in [-0.2, -0.15) is 8.78 Å². The van der Waals surface area contributed by atoms with Crippen molar-refractivity contribution in [2.45, 2.75) is 6.61 Å². The zero-order valence-electron chi connectivity index (χ0n) is 6.03. The van der Waals surface area contributed by atoms with Gasteiger partial charge in [-0.15, -0.1) is 0 Å². The fraction of sp³-hybridized carbons (Fsp3) is 0.143. The lowest BCUT2D eigenvalue weighted by Gasteiger charge is -2.06. The summed E-state index contributed by atoms with van der Waals surface area (Å²) >= 11 is 2.65. The molecule has 1 aromatic rings. The van der Waals surface area contributed by atoms with E-state index < -0.39 is 24.0 Å². The molecule has 72 valence electrons. The zero-order valence-corrected chi connectivity index (χ0v) is 7.62. The van der Waals surface area contributed by atoms with Crippen LogP contribution in [0.5, 0.6) is 5.75 Å². The summed E-state index contributed by atoms with van der Waals surface area (Å²) in [5, 5.41) is 0. The number of hydrogen-bond acceptors (Lipinski definition) is 1. The fourth-order valence-electron chi connectivity index (χ4n) is 0.714. The summed E-state index contributed by atoms with van der Waals surface area (Å²) in [5.41, 5.74) is 0. The maximum atomic E-state index is 12.9. The van der Waals surface area contributed by atoms with E-state index in [0.717, 1.165) is 6.07 Å². The monoisotopic (exact) mass is 258 g/mol. The van der Waals surface area contributed by atoms with Crippen LogP contribution in [-0.4, -0.2) is 6.61 Å². The smallest absolute Gasteiger partial charge is 0.387 e. The van der Waals surface area contributed by atoms with E-state index >= 15 is 0 Å². The van der Waals surface area contributed by atoms with Crippen molar-refractivity contribution in [3.8, 4) is 5.75 Å². The second-order valence-corrected chi connectivity index (χ2v) is 2.93. The summed E-state index contributed by atoms with van der Waals surface area (Å²) in [6.07, 6.45) is 0. The van der Waals surface area contributed by atoms with Gasteiger partial charge in [0.25, 0.3) is 0 Å². The van der Waals surface area contributed by atoms with Crippen LogP contribution in [-0.2, 0) is 0 Å². The van der Waals surface area contributed by atoms with Crippen LogP contribution in [0.1, 0.15) is 0 Å². The van der Waals surface area contributed by atoms with Gasteiger partial charge in [-0.05, 0) is 22.0 Å². The molecule has 0 N–H and O–H groups in total. The first-order chi connectivity index (χ1) is 6.00. The molecule has 13 heavy (non-hydrogen) atoms. The van der Waals surface area contributed by atoms with E-state index in [4.69, 9.17) is 0 Å². The summed E-state index contributed by atoms with van der Waals surface area (Å²) in [6, 6.07) is 1.36. The SMILES string of the molecule is Fc1cc(Br)c(F)c(OC(F)F)c1. The molecule has 0 fully saturated rings. The molecule has 1 aromatic carbocycles. The van der Waals surface area contributed by atoms with E-state index in [-0.39, 0.29) is 4.47 Å². The second kappa shape index (κ2) is 3.95. The molecule has 0 aliphatic carbocycles. The van der Waals surface area contributed by atoms with E-state index in [0.29, 0.717) is 6.07 Å². The Labute approximate surface area is 79.4 Å². The van der Waals surface area contributed by atoms with Crippen LogP contribution >= 0.6 is 15.9 Å². The van der Waals surface area contributed by atoms with Gasteiger partial charge in [0.05, 0.1) is 4.47 Å². The molecule has 0 saturated heterocycles. The third kappa shape index (κ3) is 2.58. The summed E-state index contributed by atoms with van der Waals surface area (Å²) in [5.74, 6) is -2.73. The van der Waals surface area contributed by atoms with Gasteiger partial charge in [0, 0.05) is 6.07 Å². The molecule has 0 atom stereocenters. The van der Waals surface area contributed by atoms with Gasteiger partial charge < -0.3 is 4.74 Å². The average molecular weight is 259 g/mol. The molecule has 1 nitrogen and oxygen atoms in total. The molecule has 6 heteroatoms. The maximum absolute atomic E-state index is 12.9. The van der Waals surface area contributed by atoms with Crippen LogP contribution in [0.2, 0.25) is 0 Å². The Hall–Kier alpha value is -0.780. The predicted octanol–water partition coefficient (Wildman–Crippen LogP) is 3.33. The largest absolute Gasteiger partial charge is 0.432 e. The first kappa shape index (κ1) is 10.3. The average Bonchev–Trinajstić information content (AvgIpc) is 1.98. The molecule has 0 aromatic heterocycles. The van der Waals surface area contributed by atoms with E-state index in [2.05, 4.69) is 20.7 Å². The van der Waals surface area contributed by atoms with Crippen LogP contribution < -0.4 is 4.74 Å². The molecule has 0 bridgehead atoms. The molecule has 0 aliphatic heterocycles. The molecule has 0 amide bonds. The van der Waals surface area contributed by atoms with Crippen LogP contribution in [0.25, 0.3) is 0 Å². The minimum Gasteiger partial charge on any atom is -0.432 e. The van der Waals surface area contributed by atoms with Crippen molar-refractivity contribution in [2.75, 3.05) is 0 Å². The Balaban J connectivity index is 3.05. The lowest BCUT2D eigenvalue weighted by molar-refractivity contribution is -0.0524. The Morgan fingerprint density at radius 2 is 1.85 bits per heavy atom. The topological polar surface area (TPSA) is 9.23 Å². The van der Waals surface area contributed by atoms with Crippen LogP contribution in [0, 0.1) is 11.6 Å². The molecule has 0 heterocycles. The number of benzene rings is 1. The van der Waals surface area contributed by atoms with Crippen molar-refractivity contribution in [1.82, 2.24) is 0 Å². The third-order valence-electron chi connectivity index (χ3n) is 1.18. The Bertz CT molecular complexity index is 316. The quantitative estimate of drug-likeness (QED) is 0.584. The normalized spacial score (nSPS) is 10.6. The zero-order chi connectivity index (χ0) is 10.0. The molecule has 0 unspecified atom stereocenters. The fourth-order valence-corrected chi connectivity index (χ4v) is 1.13. The Morgan fingerprint density at radius 3 is 2.38 bits per heavy atom. The molecular weight excluding hydrogens is 256 g/mol. The highest BCUT2D eigenvalue weighted by Crippen LogP contribution is 2.27. The van der Waals surface area contributed by atoms with Crippen LogP contribution in [0.4, 0.5) is 17.6 Å². The number of hydrogen-bond donors (Lipinski definition) is 0. The van der Waals surface area contributed by atoms with Gasteiger partial charge in [0.15, 0.2) is 11.6 Å². The van der Waals surface area contributed by atoms with Crippen LogP contribution in [0.3, 0.4) is 0 Å². The van der Waals surface area contributed by atoms with E-state index in [9.17, 15) is 17.6 Å². The second-order valence-electron chi connectivity index (χ2n) is 2.08. The van der Waals surface area contributed by atoms with Gasteiger partial charge >= 0.3 is 6.61 Å². The van der Waals surface area contributed by atoms with Crippen molar-refractivity contribution >= 4 is 15.9 Å². The minimum atomic E-state index is -3.18. The van der Waals surface area contributed by atoms with Gasteiger partial charge in [0.2, 0.25) is 0 Å². The molecule has 0 spiro atoms. The van der Waals surface area contributed by atoms with Crippen molar-refractivity contribution < 1.29 is 22.3 Å². The maximum Gasteiger partial charge on any atom is 0.387 e. The van der Waals surface area contributed by atoms with Crippen LogP contribution in [0.15, 0.2) is 16.6 Å². The molecule has 0 radical (unpaired) electrons. The highest BCUT2D eigenvalue weighted by molar-refractivity contribution is 9.10. The standard InChI is InChI=1S/C7H3BrF4O/c8-4-1-3(9)2-5(6(4)10)13-7(11)12/h1-2,7H. The van der Waals surface area contributed by atoms with E-state index in [1.54, 1.807) is 0 Å². The molecule has 0 saturated carbocycles. The molecule has 1 rings (SSSR count). The number of ether oxygens (including phenoxy) is 1.